The van der Waals surface area contributed by atoms with E-state index < -0.39 is 0 Å². The fraction of sp³-hybridized carbons (Fsp3) is 0.588. The van der Waals surface area contributed by atoms with Crippen molar-refractivity contribution in [3.05, 3.63) is 35.4 Å². The van der Waals surface area contributed by atoms with E-state index in [-0.39, 0.29) is 5.91 Å². The Morgan fingerprint density at radius 3 is 2.55 bits per heavy atom. The third-order valence-electron chi connectivity index (χ3n) is 4.78. The molecule has 0 saturated heterocycles. The van der Waals surface area contributed by atoms with Crippen LogP contribution in [0.15, 0.2) is 24.3 Å². The maximum absolute atomic E-state index is 11.4. The van der Waals surface area contributed by atoms with Crippen molar-refractivity contribution >= 4 is 5.91 Å². The lowest BCUT2D eigenvalue weighted by Gasteiger charge is -2.34. The lowest BCUT2D eigenvalue weighted by molar-refractivity contribution is 0.0953. The number of rotatable bonds is 4. The van der Waals surface area contributed by atoms with Crippen molar-refractivity contribution < 1.29 is 4.79 Å². The first-order valence-corrected chi connectivity index (χ1v) is 7.76. The van der Waals surface area contributed by atoms with Crippen LogP contribution in [0.3, 0.4) is 0 Å². The molecule has 0 radical (unpaired) electrons. The molecule has 110 valence electrons. The van der Waals surface area contributed by atoms with Crippen LogP contribution in [0.25, 0.3) is 0 Å². The van der Waals surface area contributed by atoms with E-state index >= 15 is 0 Å². The Morgan fingerprint density at radius 2 is 2.00 bits per heavy atom. The Hall–Kier alpha value is -1.35. The average Bonchev–Trinajstić information content (AvgIpc) is 2.49. The Morgan fingerprint density at radius 1 is 1.30 bits per heavy atom. The van der Waals surface area contributed by atoms with Crippen molar-refractivity contribution in [3.63, 3.8) is 0 Å². The number of benzene rings is 1. The summed E-state index contributed by atoms with van der Waals surface area (Å²) in [6, 6.07) is 7.92. The molecule has 0 aliphatic heterocycles. The molecule has 1 saturated carbocycles. The second kappa shape index (κ2) is 6.89. The van der Waals surface area contributed by atoms with Crippen LogP contribution in [0.1, 0.15) is 67.8 Å². The summed E-state index contributed by atoms with van der Waals surface area (Å²) in [6.45, 7) is 4.67. The molecule has 2 rings (SSSR count). The Labute approximate surface area is 121 Å². The molecule has 1 fully saturated rings. The molecule has 0 unspecified atom stereocenters. The third kappa shape index (κ3) is 3.40. The quantitative estimate of drug-likeness (QED) is 0.500. The predicted octanol–water partition coefficient (Wildman–Crippen LogP) is 3.61. The van der Waals surface area contributed by atoms with Crippen LogP contribution in [0.2, 0.25) is 0 Å². The number of nitrogens with one attached hydrogen (secondary N) is 1. The largest absolute Gasteiger partial charge is 0.290 e. The first kappa shape index (κ1) is 15.0. The Bertz CT molecular complexity index is 441. The van der Waals surface area contributed by atoms with Gasteiger partial charge >= 0.3 is 0 Å². The summed E-state index contributed by atoms with van der Waals surface area (Å²) in [5, 5.41) is 0. The smallest absolute Gasteiger partial charge is 0.265 e. The monoisotopic (exact) mass is 274 g/mol. The molecule has 3 N–H and O–H groups in total. The number of nitrogen functional groups attached to an aromatic ring is 1. The van der Waals surface area contributed by atoms with E-state index in [9.17, 15) is 4.79 Å². The topological polar surface area (TPSA) is 55.1 Å². The molecule has 0 heterocycles. The molecule has 1 amide bonds. The second-order valence-corrected chi connectivity index (χ2v) is 6.13. The van der Waals surface area contributed by atoms with E-state index in [0.29, 0.717) is 11.5 Å². The number of hydrazine groups is 1. The number of carbonyl (C=O) groups is 1. The summed E-state index contributed by atoms with van der Waals surface area (Å²) in [5.74, 6) is 7.28. The summed E-state index contributed by atoms with van der Waals surface area (Å²) in [5.41, 5.74) is 4.16. The molecule has 3 nitrogen and oxygen atoms in total. The summed E-state index contributed by atoms with van der Waals surface area (Å²) < 4.78 is 0. The van der Waals surface area contributed by atoms with E-state index in [2.05, 4.69) is 31.4 Å². The zero-order valence-electron chi connectivity index (χ0n) is 12.6. The van der Waals surface area contributed by atoms with Crippen LogP contribution >= 0.6 is 0 Å². The van der Waals surface area contributed by atoms with Crippen molar-refractivity contribution in [2.45, 2.75) is 51.9 Å². The highest BCUT2D eigenvalue weighted by Crippen LogP contribution is 2.41. The van der Waals surface area contributed by atoms with Gasteiger partial charge in [0.15, 0.2) is 0 Å². The SMILES string of the molecule is CCC[C@H]1CC[C@H](c2ccc(C(=O)NN)cc2)C[C@@H]1C. The highest BCUT2D eigenvalue weighted by atomic mass is 16.2. The molecule has 1 aliphatic rings. The van der Waals surface area contributed by atoms with Gasteiger partial charge in [-0.05, 0) is 54.7 Å². The predicted molar refractivity (Wildman–Crippen MR) is 82.2 cm³/mol. The van der Waals surface area contributed by atoms with Gasteiger partial charge in [-0.2, -0.15) is 0 Å². The van der Waals surface area contributed by atoms with Gasteiger partial charge in [-0.25, -0.2) is 5.84 Å². The molecule has 0 spiro atoms. The molecule has 1 aromatic carbocycles. The van der Waals surface area contributed by atoms with Crippen molar-refractivity contribution in [2.75, 3.05) is 0 Å². The number of hydrogen-bond donors (Lipinski definition) is 2. The highest BCUT2D eigenvalue weighted by Gasteiger charge is 2.27. The van der Waals surface area contributed by atoms with Gasteiger partial charge in [0, 0.05) is 5.56 Å². The first-order valence-electron chi connectivity index (χ1n) is 7.76. The van der Waals surface area contributed by atoms with Gasteiger partial charge in [0.1, 0.15) is 0 Å². The maximum atomic E-state index is 11.4. The van der Waals surface area contributed by atoms with E-state index in [1.165, 1.54) is 37.7 Å². The molecule has 3 heteroatoms. The molecule has 1 aliphatic carbocycles. The van der Waals surface area contributed by atoms with Gasteiger partial charge in [-0.1, -0.05) is 38.8 Å². The van der Waals surface area contributed by atoms with Crippen LogP contribution in [0.4, 0.5) is 0 Å². The summed E-state index contributed by atoms with van der Waals surface area (Å²) in [4.78, 5) is 11.4. The number of nitrogens with two attached hydrogens (primary N) is 1. The molecule has 20 heavy (non-hydrogen) atoms. The molecular weight excluding hydrogens is 248 g/mol. The van der Waals surface area contributed by atoms with Crippen LogP contribution in [0, 0.1) is 11.8 Å². The third-order valence-corrected chi connectivity index (χ3v) is 4.78. The molecule has 0 aromatic heterocycles. The Balaban J connectivity index is 2.01. The van der Waals surface area contributed by atoms with E-state index in [0.717, 1.165) is 11.8 Å². The lowest BCUT2D eigenvalue weighted by atomic mass is 9.71. The standard InChI is InChI=1S/C17H26N2O/c1-3-4-13-5-10-16(11-12(13)2)14-6-8-15(9-7-14)17(20)19-18/h6-9,12-13,16H,3-5,10-11,18H2,1-2H3,(H,19,20)/t12-,13-,16-/m0/s1. The first-order chi connectivity index (χ1) is 9.65. The number of amides is 1. The van der Waals surface area contributed by atoms with Crippen LogP contribution in [-0.4, -0.2) is 5.91 Å². The van der Waals surface area contributed by atoms with E-state index in [1.54, 1.807) is 0 Å². The van der Waals surface area contributed by atoms with Crippen LogP contribution in [-0.2, 0) is 0 Å². The maximum Gasteiger partial charge on any atom is 0.265 e. The fourth-order valence-corrected chi connectivity index (χ4v) is 3.55. The summed E-state index contributed by atoms with van der Waals surface area (Å²) in [7, 11) is 0. The second-order valence-electron chi connectivity index (χ2n) is 6.13. The molecular formula is C17H26N2O. The molecule has 1 aromatic rings. The van der Waals surface area contributed by atoms with E-state index in [1.807, 2.05) is 12.1 Å². The highest BCUT2D eigenvalue weighted by molar-refractivity contribution is 5.93. The van der Waals surface area contributed by atoms with Gasteiger partial charge in [0.25, 0.3) is 5.91 Å². The zero-order valence-corrected chi connectivity index (χ0v) is 12.6. The fourth-order valence-electron chi connectivity index (χ4n) is 3.55. The van der Waals surface area contributed by atoms with E-state index in [4.69, 9.17) is 5.84 Å². The average molecular weight is 274 g/mol. The molecule has 0 bridgehead atoms. The van der Waals surface area contributed by atoms with Crippen molar-refractivity contribution in [1.29, 1.82) is 0 Å². The van der Waals surface area contributed by atoms with Crippen LogP contribution < -0.4 is 11.3 Å². The minimum Gasteiger partial charge on any atom is -0.290 e. The minimum absolute atomic E-state index is 0.225. The summed E-state index contributed by atoms with van der Waals surface area (Å²) in [6.07, 6.45) is 6.54. The van der Waals surface area contributed by atoms with Gasteiger partial charge in [0.05, 0.1) is 0 Å². The normalized spacial score (nSPS) is 26.2. The number of hydrogen-bond acceptors (Lipinski definition) is 2. The lowest BCUT2D eigenvalue weighted by Crippen LogP contribution is -2.29. The van der Waals surface area contributed by atoms with Crippen molar-refractivity contribution in [2.24, 2.45) is 17.7 Å². The minimum atomic E-state index is -0.225. The van der Waals surface area contributed by atoms with Crippen molar-refractivity contribution in [3.8, 4) is 0 Å². The number of carbonyl (C=O) groups excluding carboxylic acids is 1. The summed E-state index contributed by atoms with van der Waals surface area (Å²) >= 11 is 0. The zero-order chi connectivity index (χ0) is 14.5. The van der Waals surface area contributed by atoms with Crippen molar-refractivity contribution in [1.82, 2.24) is 5.43 Å². The van der Waals surface area contributed by atoms with Crippen LogP contribution in [0.5, 0.6) is 0 Å². The molecule has 3 atom stereocenters. The Kier molecular flexibility index (Phi) is 5.18. The van der Waals surface area contributed by atoms with Gasteiger partial charge < -0.3 is 0 Å². The van der Waals surface area contributed by atoms with Gasteiger partial charge in [0.2, 0.25) is 0 Å². The van der Waals surface area contributed by atoms with Gasteiger partial charge in [-0.15, -0.1) is 0 Å². The van der Waals surface area contributed by atoms with Gasteiger partial charge in [-0.3, -0.25) is 10.2 Å².